The minimum atomic E-state index is -0.743. The predicted molar refractivity (Wildman–Crippen MR) is 129 cm³/mol. The Bertz CT molecular complexity index is 1590. The molecule has 10 nitrogen and oxygen atoms in total. The number of para-hydroxylation sites is 3. The van der Waals surface area contributed by atoms with Crippen LogP contribution in [0.25, 0.3) is 22.4 Å². The van der Waals surface area contributed by atoms with E-state index in [1.807, 2.05) is 18.2 Å². The summed E-state index contributed by atoms with van der Waals surface area (Å²) in [4.78, 5) is 38.7. The van der Waals surface area contributed by atoms with Crippen molar-refractivity contribution in [2.75, 3.05) is 10.6 Å². The quantitative estimate of drug-likeness (QED) is 0.367. The van der Waals surface area contributed by atoms with Crippen LogP contribution in [-0.4, -0.2) is 32.0 Å². The van der Waals surface area contributed by atoms with E-state index in [0.717, 1.165) is 4.80 Å². The van der Waals surface area contributed by atoms with Crippen LogP contribution in [0.15, 0.2) is 94.1 Å². The summed E-state index contributed by atoms with van der Waals surface area (Å²) in [5.41, 5.74) is 1.02. The van der Waals surface area contributed by atoms with Gasteiger partial charge < -0.3 is 15.1 Å². The first-order valence-corrected chi connectivity index (χ1v) is 10.6. The third kappa shape index (κ3) is 4.81. The summed E-state index contributed by atoms with van der Waals surface area (Å²) in [6.45, 7) is -0.144. The molecule has 0 saturated carbocycles. The van der Waals surface area contributed by atoms with Crippen LogP contribution in [0.1, 0.15) is 10.4 Å². The average molecular weight is 466 g/mol. The van der Waals surface area contributed by atoms with E-state index in [9.17, 15) is 14.4 Å². The van der Waals surface area contributed by atoms with Gasteiger partial charge in [-0.3, -0.25) is 9.59 Å². The monoisotopic (exact) mass is 466 g/mol. The molecule has 0 unspecified atom stereocenters. The Kier molecular flexibility index (Phi) is 5.83. The number of tetrazole rings is 1. The van der Waals surface area contributed by atoms with E-state index in [1.165, 1.54) is 6.07 Å². The van der Waals surface area contributed by atoms with Gasteiger partial charge in [0, 0.05) is 16.6 Å². The molecule has 0 radical (unpaired) electrons. The van der Waals surface area contributed by atoms with E-state index in [0.29, 0.717) is 27.9 Å². The highest BCUT2D eigenvalue weighted by Crippen LogP contribution is 2.25. The van der Waals surface area contributed by atoms with Crippen LogP contribution < -0.4 is 16.3 Å². The average Bonchev–Trinajstić information content (AvgIpc) is 3.32. The highest BCUT2D eigenvalue weighted by Gasteiger charge is 2.18. The molecule has 2 amide bonds. The lowest BCUT2D eigenvalue weighted by Crippen LogP contribution is -2.21. The number of fused-ring (bicyclic) bond motifs is 1. The summed E-state index contributed by atoms with van der Waals surface area (Å²) >= 11 is 0. The summed E-state index contributed by atoms with van der Waals surface area (Å²) in [5, 5.41) is 18.3. The Hall–Kier alpha value is -5.12. The summed E-state index contributed by atoms with van der Waals surface area (Å²) in [6.07, 6.45) is 0. The van der Waals surface area contributed by atoms with Crippen molar-refractivity contribution < 1.29 is 14.0 Å². The van der Waals surface area contributed by atoms with Crippen molar-refractivity contribution in [2.24, 2.45) is 0 Å². The largest absolute Gasteiger partial charge is 0.422 e. The Labute approximate surface area is 198 Å². The van der Waals surface area contributed by atoms with E-state index in [-0.39, 0.29) is 23.8 Å². The maximum absolute atomic E-state index is 12.9. The van der Waals surface area contributed by atoms with Gasteiger partial charge in [-0.05, 0) is 41.6 Å². The molecule has 0 fully saturated rings. The van der Waals surface area contributed by atoms with Gasteiger partial charge >= 0.3 is 5.63 Å². The van der Waals surface area contributed by atoms with Gasteiger partial charge in [0.25, 0.3) is 5.91 Å². The molecular formula is C25H18N6O4. The number of nitrogens with zero attached hydrogens (tertiary/aromatic N) is 4. The first-order chi connectivity index (χ1) is 17.1. The molecule has 0 atom stereocenters. The van der Waals surface area contributed by atoms with Gasteiger partial charge in [-0.25, -0.2) is 4.79 Å². The Balaban J connectivity index is 1.35. The van der Waals surface area contributed by atoms with Crippen LogP contribution in [-0.2, 0) is 11.3 Å². The van der Waals surface area contributed by atoms with Crippen LogP contribution in [0, 0.1) is 0 Å². The number of nitrogens with one attached hydrogen (secondary N) is 2. The summed E-state index contributed by atoms with van der Waals surface area (Å²) in [7, 11) is 0. The van der Waals surface area contributed by atoms with Crippen LogP contribution in [0.2, 0.25) is 0 Å². The van der Waals surface area contributed by atoms with Crippen LogP contribution >= 0.6 is 0 Å². The van der Waals surface area contributed by atoms with Crippen LogP contribution in [0.5, 0.6) is 0 Å². The number of anilines is 2. The normalized spacial score (nSPS) is 10.7. The Morgan fingerprint density at radius 3 is 2.49 bits per heavy atom. The highest BCUT2D eigenvalue weighted by molar-refractivity contribution is 6.07. The minimum Gasteiger partial charge on any atom is -0.422 e. The van der Waals surface area contributed by atoms with Crippen LogP contribution in [0.3, 0.4) is 0 Å². The van der Waals surface area contributed by atoms with E-state index in [4.69, 9.17) is 4.42 Å². The molecule has 0 bridgehead atoms. The van der Waals surface area contributed by atoms with Crippen molar-refractivity contribution in [3.05, 3.63) is 101 Å². The molecule has 5 rings (SSSR count). The summed E-state index contributed by atoms with van der Waals surface area (Å²) in [5.74, 6) is -0.740. The fourth-order valence-corrected chi connectivity index (χ4v) is 3.47. The first kappa shape index (κ1) is 21.7. The van der Waals surface area contributed by atoms with Crippen LogP contribution in [0.4, 0.5) is 11.4 Å². The molecule has 2 aromatic heterocycles. The Morgan fingerprint density at radius 1 is 0.886 bits per heavy atom. The SMILES string of the molecule is O=C(Cn1nnc(-c2ccccc2NC(=O)c2cc3ccccc3oc2=O)n1)Nc1ccccc1. The van der Waals surface area contributed by atoms with E-state index >= 15 is 0 Å². The van der Waals surface area contributed by atoms with Crippen molar-refractivity contribution in [1.82, 2.24) is 20.2 Å². The van der Waals surface area contributed by atoms with E-state index in [1.54, 1.807) is 60.7 Å². The summed E-state index contributed by atoms with van der Waals surface area (Å²) in [6, 6.07) is 24.3. The van der Waals surface area contributed by atoms with Gasteiger partial charge in [-0.1, -0.05) is 48.5 Å². The molecule has 0 aliphatic carbocycles. The topological polar surface area (TPSA) is 132 Å². The van der Waals surface area contributed by atoms with Gasteiger partial charge in [-0.15, -0.1) is 10.2 Å². The fraction of sp³-hybridized carbons (Fsp3) is 0.0400. The predicted octanol–water partition coefficient (Wildman–Crippen LogP) is 3.34. The fourth-order valence-electron chi connectivity index (χ4n) is 3.47. The number of carbonyl (C=O) groups is 2. The molecule has 2 heterocycles. The zero-order valence-electron chi connectivity index (χ0n) is 18.2. The number of benzene rings is 3. The number of amides is 2. The molecule has 0 saturated heterocycles. The molecule has 35 heavy (non-hydrogen) atoms. The molecule has 0 aliphatic rings. The standard InChI is InChI=1S/C25H18N6O4/c32-22(26-17-9-2-1-3-10-17)15-31-29-23(28-30-31)18-11-5-6-12-20(18)27-24(33)19-14-16-8-4-7-13-21(16)35-25(19)34/h1-14H,15H2,(H,26,32)(H,27,33). The molecule has 10 heteroatoms. The lowest BCUT2D eigenvalue weighted by Gasteiger charge is -2.08. The molecule has 3 aromatic carbocycles. The third-order valence-corrected chi connectivity index (χ3v) is 5.10. The molecule has 0 aliphatic heterocycles. The zero-order valence-corrected chi connectivity index (χ0v) is 18.2. The zero-order chi connectivity index (χ0) is 24.2. The van der Waals surface area contributed by atoms with Gasteiger partial charge in [0.15, 0.2) is 0 Å². The molecule has 5 aromatic rings. The molecule has 2 N–H and O–H groups in total. The molecule has 172 valence electrons. The first-order valence-electron chi connectivity index (χ1n) is 10.6. The highest BCUT2D eigenvalue weighted by atomic mass is 16.4. The van der Waals surface area contributed by atoms with Crippen molar-refractivity contribution in [3.63, 3.8) is 0 Å². The van der Waals surface area contributed by atoms with E-state index in [2.05, 4.69) is 26.0 Å². The number of aromatic nitrogens is 4. The smallest absolute Gasteiger partial charge is 0.349 e. The third-order valence-electron chi connectivity index (χ3n) is 5.10. The second-order valence-corrected chi connectivity index (χ2v) is 7.54. The number of carbonyl (C=O) groups excluding carboxylic acids is 2. The van der Waals surface area contributed by atoms with Crippen molar-refractivity contribution in [3.8, 4) is 11.4 Å². The van der Waals surface area contributed by atoms with Gasteiger partial charge in [-0.2, -0.15) is 4.80 Å². The second kappa shape index (κ2) is 9.40. The van der Waals surface area contributed by atoms with Gasteiger partial charge in [0.2, 0.25) is 11.7 Å². The maximum atomic E-state index is 12.9. The van der Waals surface area contributed by atoms with Crippen molar-refractivity contribution in [1.29, 1.82) is 0 Å². The molecule has 0 spiro atoms. The Morgan fingerprint density at radius 2 is 1.63 bits per heavy atom. The maximum Gasteiger partial charge on any atom is 0.349 e. The van der Waals surface area contributed by atoms with Gasteiger partial charge in [0.05, 0.1) is 5.69 Å². The summed E-state index contributed by atoms with van der Waals surface area (Å²) < 4.78 is 5.26. The lowest BCUT2D eigenvalue weighted by molar-refractivity contribution is -0.117. The number of hydrogen-bond acceptors (Lipinski definition) is 7. The number of hydrogen-bond donors (Lipinski definition) is 2. The molecular weight excluding hydrogens is 448 g/mol. The van der Waals surface area contributed by atoms with Gasteiger partial charge in [0.1, 0.15) is 17.7 Å². The van der Waals surface area contributed by atoms with Crippen molar-refractivity contribution >= 4 is 34.2 Å². The van der Waals surface area contributed by atoms with Crippen molar-refractivity contribution in [2.45, 2.75) is 6.54 Å². The van der Waals surface area contributed by atoms with E-state index < -0.39 is 11.5 Å². The second-order valence-electron chi connectivity index (χ2n) is 7.54. The minimum absolute atomic E-state index is 0.132. The number of rotatable bonds is 6. The lowest BCUT2D eigenvalue weighted by atomic mass is 10.1.